The molecular weight excluding hydrogens is 200 g/mol. The van der Waals surface area contributed by atoms with Crippen LogP contribution in [0.15, 0.2) is 0 Å². The summed E-state index contributed by atoms with van der Waals surface area (Å²) >= 11 is 0. The number of nitrogens with one attached hydrogen (secondary N) is 1. The lowest BCUT2D eigenvalue weighted by Gasteiger charge is -2.34. The highest BCUT2D eigenvalue weighted by Crippen LogP contribution is 2.33. The molecule has 92 valence electrons. The average Bonchev–Trinajstić information content (AvgIpc) is 3.05. The zero-order chi connectivity index (χ0) is 10.8. The molecule has 3 nitrogen and oxygen atoms in total. The van der Waals surface area contributed by atoms with Crippen LogP contribution < -0.4 is 5.32 Å². The van der Waals surface area contributed by atoms with Gasteiger partial charge in [-0.05, 0) is 38.0 Å². The Morgan fingerprint density at radius 3 is 2.94 bits per heavy atom. The molecule has 0 bridgehead atoms. The maximum absolute atomic E-state index is 5.69. The van der Waals surface area contributed by atoms with Crippen LogP contribution in [0.25, 0.3) is 0 Å². The van der Waals surface area contributed by atoms with Crippen molar-refractivity contribution in [2.24, 2.45) is 5.92 Å². The van der Waals surface area contributed by atoms with E-state index in [2.05, 4.69) is 10.2 Å². The minimum Gasteiger partial charge on any atom is -0.378 e. The van der Waals surface area contributed by atoms with Crippen molar-refractivity contribution in [3.63, 3.8) is 0 Å². The maximum Gasteiger partial charge on any atom is 0.0588 e. The van der Waals surface area contributed by atoms with E-state index in [9.17, 15) is 0 Å². The Labute approximate surface area is 98.5 Å². The van der Waals surface area contributed by atoms with E-state index in [1.165, 1.54) is 58.3 Å². The van der Waals surface area contributed by atoms with Crippen LogP contribution in [0.4, 0.5) is 0 Å². The molecule has 0 aromatic carbocycles. The summed E-state index contributed by atoms with van der Waals surface area (Å²) in [5.74, 6) is 0.991. The molecule has 0 spiro atoms. The third-order valence-electron chi connectivity index (χ3n) is 4.27. The Morgan fingerprint density at radius 1 is 1.25 bits per heavy atom. The van der Waals surface area contributed by atoms with Crippen LogP contribution in [0, 0.1) is 5.92 Å². The minimum absolute atomic E-state index is 0.564. The first kappa shape index (κ1) is 11.0. The number of nitrogens with zero attached hydrogens (tertiary/aromatic N) is 1. The number of hydrogen-bond donors (Lipinski definition) is 1. The second kappa shape index (κ2) is 5.03. The SMILES string of the molecule is C1COC(CCN2CCNC(C3CC3)C2)C1. The molecule has 0 aromatic rings. The van der Waals surface area contributed by atoms with E-state index in [0.29, 0.717) is 6.10 Å². The highest BCUT2D eigenvalue weighted by atomic mass is 16.5. The van der Waals surface area contributed by atoms with E-state index in [1.807, 2.05) is 0 Å². The van der Waals surface area contributed by atoms with Crippen molar-refractivity contribution < 1.29 is 4.74 Å². The van der Waals surface area contributed by atoms with Gasteiger partial charge in [0, 0.05) is 38.8 Å². The number of ether oxygens (including phenoxy) is 1. The standard InChI is InChI=1S/C13H24N2O/c1-2-12(16-9-1)5-7-15-8-6-14-13(10-15)11-3-4-11/h11-14H,1-10H2. The van der Waals surface area contributed by atoms with E-state index in [-0.39, 0.29) is 0 Å². The topological polar surface area (TPSA) is 24.5 Å². The summed E-state index contributed by atoms with van der Waals surface area (Å²) in [5.41, 5.74) is 0. The van der Waals surface area contributed by atoms with Crippen LogP contribution in [0.2, 0.25) is 0 Å². The lowest BCUT2D eigenvalue weighted by molar-refractivity contribution is 0.0856. The van der Waals surface area contributed by atoms with Crippen molar-refractivity contribution >= 4 is 0 Å². The van der Waals surface area contributed by atoms with Gasteiger partial charge >= 0.3 is 0 Å². The van der Waals surface area contributed by atoms with E-state index in [0.717, 1.165) is 18.6 Å². The molecule has 2 saturated heterocycles. The molecule has 0 aromatic heterocycles. The molecule has 0 amide bonds. The number of hydrogen-bond acceptors (Lipinski definition) is 3. The summed E-state index contributed by atoms with van der Waals surface area (Å²) < 4.78 is 5.69. The van der Waals surface area contributed by atoms with E-state index >= 15 is 0 Å². The van der Waals surface area contributed by atoms with Crippen molar-refractivity contribution in [3.05, 3.63) is 0 Å². The maximum atomic E-state index is 5.69. The Hall–Kier alpha value is -0.120. The molecule has 0 radical (unpaired) electrons. The van der Waals surface area contributed by atoms with Crippen molar-refractivity contribution in [2.45, 2.75) is 44.2 Å². The van der Waals surface area contributed by atoms with Crippen molar-refractivity contribution in [1.82, 2.24) is 10.2 Å². The highest BCUT2D eigenvalue weighted by molar-refractivity contribution is 4.91. The van der Waals surface area contributed by atoms with E-state index in [4.69, 9.17) is 4.74 Å². The molecule has 2 heterocycles. The second-order valence-corrected chi connectivity index (χ2v) is 5.62. The molecule has 2 atom stereocenters. The molecule has 3 heteroatoms. The van der Waals surface area contributed by atoms with Gasteiger partial charge in [0.05, 0.1) is 6.10 Å². The molecule has 1 saturated carbocycles. The van der Waals surface area contributed by atoms with Gasteiger partial charge in [0.25, 0.3) is 0 Å². The molecule has 3 rings (SSSR count). The Bertz CT molecular complexity index is 224. The molecule has 3 aliphatic rings. The van der Waals surface area contributed by atoms with Crippen molar-refractivity contribution in [1.29, 1.82) is 0 Å². The van der Waals surface area contributed by atoms with Crippen LogP contribution in [0.1, 0.15) is 32.1 Å². The number of piperazine rings is 1. The molecule has 2 unspecified atom stereocenters. The summed E-state index contributed by atoms with van der Waals surface area (Å²) in [6, 6.07) is 0.790. The predicted octanol–water partition coefficient (Wildman–Crippen LogP) is 1.24. The molecule has 1 aliphatic carbocycles. The monoisotopic (exact) mass is 224 g/mol. The van der Waals surface area contributed by atoms with Crippen LogP contribution in [0.5, 0.6) is 0 Å². The molecule has 2 aliphatic heterocycles. The summed E-state index contributed by atoms with van der Waals surface area (Å²) in [7, 11) is 0. The van der Waals surface area contributed by atoms with Gasteiger partial charge < -0.3 is 15.0 Å². The first-order valence-electron chi connectivity index (χ1n) is 6.99. The van der Waals surface area contributed by atoms with Crippen molar-refractivity contribution in [3.8, 4) is 0 Å². The van der Waals surface area contributed by atoms with Crippen LogP contribution in [-0.2, 0) is 4.74 Å². The lowest BCUT2D eigenvalue weighted by atomic mass is 10.1. The zero-order valence-corrected chi connectivity index (χ0v) is 10.2. The van der Waals surface area contributed by atoms with Gasteiger partial charge in [-0.25, -0.2) is 0 Å². The molecular formula is C13H24N2O. The Balaban J connectivity index is 1.39. The normalized spacial score (nSPS) is 36.8. The Morgan fingerprint density at radius 2 is 2.19 bits per heavy atom. The summed E-state index contributed by atoms with van der Waals surface area (Å²) in [4.78, 5) is 2.64. The fraction of sp³-hybridized carbons (Fsp3) is 1.00. The first-order chi connectivity index (χ1) is 7.92. The van der Waals surface area contributed by atoms with Crippen molar-refractivity contribution in [2.75, 3.05) is 32.8 Å². The fourth-order valence-corrected chi connectivity index (χ4v) is 3.06. The largest absolute Gasteiger partial charge is 0.378 e. The summed E-state index contributed by atoms with van der Waals surface area (Å²) in [6.07, 6.45) is 7.29. The van der Waals surface area contributed by atoms with Gasteiger partial charge in [0.2, 0.25) is 0 Å². The number of rotatable bonds is 4. The lowest BCUT2D eigenvalue weighted by Crippen LogP contribution is -2.52. The summed E-state index contributed by atoms with van der Waals surface area (Å²) in [5, 5.41) is 3.67. The first-order valence-corrected chi connectivity index (χ1v) is 6.99. The summed E-state index contributed by atoms with van der Waals surface area (Å²) in [6.45, 7) is 5.94. The van der Waals surface area contributed by atoms with E-state index in [1.54, 1.807) is 0 Å². The molecule has 3 fully saturated rings. The van der Waals surface area contributed by atoms with Crippen LogP contribution in [-0.4, -0.2) is 49.8 Å². The van der Waals surface area contributed by atoms with Gasteiger partial charge in [-0.15, -0.1) is 0 Å². The fourth-order valence-electron chi connectivity index (χ4n) is 3.06. The van der Waals surface area contributed by atoms with E-state index < -0.39 is 0 Å². The van der Waals surface area contributed by atoms with Gasteiger partial charge in [0.15, 0.2) is 0 Å². The van der Waals surface area contributed by atoms with Crippen LogP contribution in [0.3, 0.4) is 0 Å². The van der Waals surface area contributed by atoms with Gasteiger partial charge in [-0.3, -0.25) is 0 Å². The molecule has 1 N–H and O–H groups in total. The highest BCUT2D eigenvalue weighted by Gasteiger charge is 2.33. The zero-order valence-electron chi connectivity index (χ0n) is 10.2. The average molecular weight is 224 g/mol. The molecule has 16 heavy (non-hydrogen) atoms. The van der Waals surface area contributed by atoms with Gasteiger partial charge in [-0.2, -0.15) is 0 Å². The third kappa shape index (κ3) is 2.76. The second-order valence-electron chi connectivity index (χ2n) is 5.62. The van der Waals surface area contributed by atoms with Crippen LogP contribution >= 0.6 is 0 Å². The minimum atomic E-state index is 0.564. The predicted molar refractivity (Wildman–Crippen MR) is 64.5 cm³/mol. The Kier molecular flexibility index (Phi) is 3.46. The third-order valence-corrected chi connectivity index (χ3v) is 4.27. The van der Waals surface area contributed by atoms with Gasteiger partial charge in [-0.1, -0.05) is 0 Å². The smallest absolute Gasteiger partial charge is 0.0588 e. The van der Waals surface area contributed by atoms with Gasteiger partial charge in [0.1, 0.15) is 0 Å². The quantitative estimate of drug-likeness (QED) is 0.777.